The molecule has 0 amide bonds. The summed E-state index contributed by atoms with van der Waals surface area (Å²) >= 11 is 11.8. The van der Waals surface area contributed by atoms with Crippen molar-refractivity contribution in [2.24, 2.45) is 0 Å². The summed E-state index contributed by atoms with van der Waals surface area (Å²) in [6, 6.07) is 1.87. The molecule has 0 bridgehead atoms. The highest BCUT2D eigenvalue weighted by atomic mass is 35.5. The first kappa shape index (κ1) is 10.0. The fraction of sp³-hybridized carbons (Fsp3) is 0.375. The van der Waals surface area contributed by atoms with Crippen LogP contribution in [0, 0.1) is 0 Å². The predicted octanol–water partition coefficient (Wildman–Crippen LogP) is 2.93. The second-order valence-corrected chi connectivity index (χ2v) is 9.57. The average molecular weight is 220 g/mol. The zero-order valence-corrected chi connectivity index (χ0v) is 9.87. The van der Waals surface area contributed by atoms with E-state index in [0.29, 0.717) is 5.15 Å². The van der Waals surface area contributed by atoms with Gasteiger partial charge in [-0.05, 0) is 11.3 Å². The molecule has 0 fully saturated rings. The Morgan fingerprint density at radius 3 is 2.25 bits per heavy atom. The van der Waals surface area contributed by atoms with Crippen LogP contribution in [0.3, 0.4) is 0 Å². The molecule has 1 heterocycles. The maximum absolute atomic E-state index is 5.99. The van der Waals surface area contributed by atoms with Gasteiger partial charge < -0.3 is 0 Å². The lowest BCUT2D eigenvalue weighted by Gasteiger charge is -2.17. The highest BCUT2D eigenvalue weighted by Crippen LogP contribution is 2.14. The first-order valence-electron chi connectivity index (χ1n) is 3.73. The standard InChI is InChI=1S/C8H11Cl2NSi/c1-12(2,3)7-4-8(10)11-5-6(7)9/h4-5H,1-3H3. The molecule has 4 heteroatoms. The number of hydrogen-bond acceptors (Lipinski definition) is 1. The molecule has 0 aliphatic rings. The van der Waals surface area contributed by atoms with E-state index in [0.717, 1.165) is 5.02 Å². The summed E-state index contributed by atoms with van der Waals surface area (Å²) in [5, 5.41) is 2.43. The molecule has 0 unspecified atom stereocenters. The summed E-state index contributed by atoms with van der Waals surface area (Å²) in [4.78, 5) is 3.91. The maximum Gasteiger partial charge on any atom is 0.129 e. The average Bonchev–Trinajstić information content (AvgIpc) is 1.92. The fourth-order valence-electron chi connectivity index (χ4n) is 0.988. The van der Waals surface area contributed by atoms with Crippen LogP contribution in [-0.2, 0) is 0 Å². The van der Waals surface area contributed by atoms with Crippen LogP contribution in [0.5, 0.6) is 0 Å². The van der Waals surface area contributed by atoms with E-state index in [4.69, 9.17) is 23.2 Å². The number of hydrogen-bond donors (Lipinski definition) is 0. The zero-order chi connectivity index (χ0) is 9.35. The Labute approximate surface area is 83.7 Å². The first-order chi connectivity index (χ1) is 5.41. The predicted molar refractivity (Wildman–Crippen MR) is 57.2 cm³/mol. The lowest BCUT2D eigenvalue weighted by Crippen LogP contribution is -2.38. The maximum atomic E-state index is 5.99. The number of halogens is 2. The van der Waals surface area contributed by atoms with Gasteiger partial charge in [0.25, 0.3) is 0 Å². The van der Waals surface area contributed by atoms with Gasteiger partial charge in [-0.3, -0.25) is 0 Å². The van der Waals surface area contributed by atoms with Crippen LogP contribution in [0.15, 0.2) is 12.3 Å². The molecule has 0 atom stereocenters. The van der Waals surface area contributed by atoms with Crippen molar-refractivity contribution in [1.29, 1.82) is 0 Å². The van der Waals surface area contributed by atoms with Crippen LogP contribution < -0.4 is 5.19 Å². The van der Waals surface area contributed by atoms with Crippen LogP contribution in [0.1, 0.15) is 0 Å². The second-order valence-electron chi connectivity index (χ2n) is 3.74. The molecule has 0 aliphatic carbocycles. The molecular formula is C8H11Cl2NSi. The number of aromatic nitrogens is 1. The van der Waals surface area contributed by atoms with Crippen molar-refractivity contribution in [1.82, 2.24) is 4.98 Å². The van der Waals surface area contributed by atoms with Crippen LogP contribution in [0.4, 0.5) is 0 Å². The summed E-state index contributed by atoms with van der Waals surface area (Å²) in [6.45, 7) is 6.68. The molecule has 12 heavy (non-hydrogen) atoms. The Morgan fingerprint density at radius 1 is 1.25 bits per heavy atom. The third-order valence-corrected chi connectivity index (χ3v) is 4.33. The number of pyridine rings is 1. The monoisotopic (exact) mass is 219 g/mol. The van der Waals surface area contributed by atoms with E-state index in [1.807, 2.05) is 6.07 Å². The highest BCUT2D eigenvalue weighted by molar-refractivity contribution is 6.90. The number of nitrogens with zero attached hydrogens (tertiary/aromatic N) is 1. The summed E-state index contributed by atoms with van der Waals surface area (Å²) in [5.74, 6) is 0. The molecule has 1 aromatic heterocycles. The van der Waals surface area contributed by atoms with E-state index < -0.39 is 8.07 Å². The Bertz CT molecular complexity index is 294. The van der Waals surface area contributed by atoms with Gasteiger partial charge in [0.15, 0.2) is 0 Å². The Hall–Kier alpha value is -0.0531. The molecule has 0 aromatic carbocycles. The van der Waals surface area contributed by atoms with Gasteiger partial charge in [0, 0.05) is 6.20 Å². The van der Waals surface area contributed by atoms with Crippen molar-refractivity contribution in [2.75, 3.05) is 0 Å². The minimum Gasteiger partial charge on any atom is -0.243 e. The minimum absolute atomic E-state index is 0.525. The fourth-order valence-corrected chi connectivity index (χ4v) is 3.54. The highest BCUT2D eigenvalue weighted by Gasteiger charge is 2.20. The van der Waals surface area contributed by atoms with Crippen LogP contribution in [0.2, 0.25) is 29.8 Å². The molecular weight excluding hydrogens is 209 g/mol. The van der Waals surface area contributed by atoms with Gasteiger partial charge in [-0.15, -0.1) is 0 Å². The van der Waals surface area contributed by atoms with Gasteiger partial charge in [-0.25, -0.2) is 4.98 Å². The molecule has 0 N–H and O–H groups in total. The quantitative estimate of drug-likeness (QED) is 0.523. The molecule has 0 radical (unpaired) electrons. The van der Waals surface area contributed by atoms with E-state index in [1.165, 1.54) is 5.19 Å². The van der Waals surface area contributed by atoms with Gasteiger partial charge >= 0.3 is 0 Å². The third kappa shape index (κ3) is 2.22. The van der Waals surface area contributed by atoms with E-state index in [-0.39, 0.29) is 0 Å². The van der Waals surface area contributed by atoms with Crippen molar-refractivity contribution in [3.8, 4) is 0 Å². The van der Waals surface area contributed by atoms with E-state index in [2.05, 4.69) is 24.6 Å². The minimum atomic E-state index is -1.37. The van der Waals surface area contributed by atoms with Gasteiger partial charge in [0.2, 0.25) is 0 Å². The van der Waals surface area contributed by atoms with Crippen LogP contribution in [-0.4, -0.2) is 13.1 Å². The van der Waals surface area contributed by atoms with Gasteiger partial charge in [-0.1, -0.05) is 42.8 Å². The molecule has 1 rings (SSSR count). The normalized spacial score (nSPS) is 11.8. The lowest BCUT2D eigenvalue weighted by atomic mass is 10.5. The van der Waals surface area contributed by atoms with Gasteiger partial charge in [0.05, 0.1) is 13.1 Å². The van der Waals surface area contributed by atoms with Crippen LogP contribution in [0.25, 0.3) is 0 Å². The van der Waals surface area contributed by atoms with E-state index in [9.17, 15) is 0 Å². The summed E-state index contributed by atoms with van der Waals surface area (Å²) in [6.07, 6.45) is 1.62. The van der Waals surface area contributed by atoms with Crippen molar-refractivity contribution in [3.63, 3.8) is 0 Å². The van der Waals surface area contributed by atoms with Crippen molar-refractivity contribution in [3.05, 3.63) is 22.4 Å². The van der Waals surface area contributed by atoms with Crippen LogP contribution >= 0.6 is 23.2 Å². The molecule has 0 saturated heterocycles. The zero-order valence-electron chi connectivity index (χ0n) is 7.36. The Kier molecular flexibility index (Phi) is 2.81. The van der Waals surface area contributed by atoms with E-state index in [1.54, 1.807) is 6.20 Å². The topological polar surface area (TPSA) is 12.9 Å². The summed E-state index contributed by atoms with van der Waals surface area (Å²) in [7, 11) is -1.37. The molecule has 1 nitrogen and oxygen atoms in total. The summed E-state index contributed by atoms with van der Waals surface area (Å²) < 4.78 is 0. The Morgan fingerprint density at radius 2 is 1.83 bits per heavy atom. The largest absolute Gasteiger partial charge is 0.243 e. The SMILES string of the molecule is C[Si](C)(C)c1cc(Cl)ncc1Cl. The second kappa shape index (κ2) is 3.36. The smallest absolute Gasteiger partial charge is 0.129 e. The molecule has 0 saturated carbocycles. The molecule has 0 aliphatic heterocycles. The van der Waals surface area contributed by atoms with Crippen molar-refractivity contribution < 1.29 is 0 Å². The van der Waals surface area contributed by atoms with E-state index >= 15 is 0 Å². The Balaban J connectivity index is 3.23. The first-order valence-corrected chi connectivity index (χ1v) is 7.98. The van der Waals surface area contributed by atoms with Crippen molar-refractivity contribution >= 4 is 36.5 Å². The van der Waals surface area contributed by atoms with Crippen molar-refractivity contribution in [2.45, 2.75) is 19.6 Å². The van der Waals surface area contributed by atoms with Gasteiger partial charge in [-0.2, -0.15) is 0 Å². The number of rotatable bonds is 1. The third-order valence-electron chi connectivity index (χ3n) is 1.63. The molecule has 66 valence electrons. The molecule has 1 aromatic rings. The lowest BCUT2D eigenvalue weighted by molar-refractivity contribution is 1.34. The summed E-state index contributed by atoms with van der Waals surface area (Å²) in [5.41, 5.74) is 0. The molecule has 0 spiro atoms. The van der Waals surface area contributed by atoms with Gasteiger partial charge in [0.1, 0.15) is 5.15 Å².